The fourth-order valence-electron chi connectivity index (χ4n) is 5.69. The summed E-state index contributed by atoms with van der Waals surface area (Å²) in [6.45, 7) is 4.68. The molecule has 2 N–H and O–H groups in total. The van der Waals surface area contributed by atoms with Gasteiger partial charge in [0, 0.05) is 6.42 Å². The van der Waals surface area contributed by atoms with Crippen LogP contribution < -0.4 is 10.2 Å². The molecule has 0 spiro atoms. The summed E-state index contributed by atoms with van der Waals surface area (Å²) in [6.07, 6.45) is 29.6. The Morgan fingerprint density at radius 2 is 1.07 bits per heavy atom. The van der Waals surface area contributed by atoms with Crippen LogP contribution in [0.5, 0.6) is 0 Å². The molecule has 0 heterocycles. The van der Waals surface area contributed by atoms with Crippen molar-refractivity contribution in [1.82, 2.24) is 5.32 Å². The fourth-order valence-corrected chi connectivity index (χ4v) is 6.41. The molecule has 46 heavy (non-hydrogen) atoms. The van der Waals surface area contributed by atoms with E-state index in [0.717, 1.165) is 38.5 Å². The molecular weight excluding hydrogens is 599 g/mol. The number of carbonyl (C=O) groups excluding carboxylic acids is 1. The number of unbranched alkanes of at least 4 members (excludes halogenated alkanes) is 22. The van der Waals surface area contributed by atoms with E-state index in [2.05, 4.69) is 19.2 Å². The van der Waals surface area contributed by atoms with Gasteiger partial charge in [-0.15, -0.1) is 0 Å². The summed E-state index contributed by atoms with van der Waals surface area (Å²) in [4.78, 5) is 25.1. The molecule has 3 atom stereocenters. The number of hydrogen-bond acceptors (Lipinski definition) is 6. The zero-order valence-corrected chi connectivity index (χ0v) is 31.9. The van der Waals surface area contributed by atoms with Gasteiger partial charge in [0.15, 0.2) is 0 Å². The maximum absolute atomic E-state index is 12.7. The third-order valence-corrected chi connectivity index (χ3v) is 9.81. The van der Waals surface area contributed by atoms with Crippen molar-refractivity contribution in [2.45, 2.75) is 193 Å². The van der Waals surface area contributed by atoms with Crippen LogP contribution in [-0.4, -0.2) is 68.5 Å². The molecule has 0 fully saturated rings. The molecule has 0 bridgehead atoms. The number of nitrogens with zero attached hydrogens (tertiary/aromatic N) is 1. The van der Waals surface area contributed by atoms with Gasteiger partial charge < -0.3 is 28.8 Å². The zero-order valence-electron chi connectivity index (χ0n) is 31.0. The number of quaternary nitrogens is 1. The Kier molecular flexibility index (Phi) is 30.2. The van der Waals surface area contributed by atoms with Gasteiger partial charge >= 0.3 is 0 Å². The summed E-state index contributed by atoms with van der Waals surface area (Å²) < 4.78 is 23.1. The molecular formula is C37H77N2O6P. The molecule has 1 amide bonds. The van der Waals surface area contributed by atoms with E-state index in [1.54, 1.807) is 0 Å². The Labute approximate surface area is 285 Å². The minimum Gasteiger partial charge on any atom is -0.756 e. The second kappa shape index (κ2) is 30.6. The highest BCUT2D eigenvalue weighted by molar-refractivity contribution is 7.45. The molecule has 0 aromatic rings. The van der Waals surface area contributed by atoms with Crippen LogP contribution in [0.25, 0.3) is 0 Å². The molecule has 0 rings (SSSR count). The summed E-state index contributed by atoms with van der Waals surface area (Å²) >= 11 is 0. The van der Waals surface area contributed by atoms with Crippen molar-refractivity contribution in [2.75, 3.05) is 40.9 Å². The third-order valence-electron chi connectivity index (χ3n) is 8.85. The Hall–Kier alpha value is -0.500. The molecule has 0 aromatic carbocycles. The first-order valence-corrected chi connectivity index (χ1v) is 20.8. The van der Waals surface area contributed by atoms with Crippen LogP contribution in [0.3, 0.4) is 0 Å². The van der Waals surface area contributed by atoms with Crippen LogP contribution in [0.1, 0.15) is 181 Å². The van der Waals surface area contributed by atoms with Gasteiger partial charge in [0.2, 0.25) is 5.91 Å². The van der Waals surface area contributed by atoms with Crippen molar-refractivity contribution in [3.63, 3.8) is 0 Å². The Balaban J connectivity index is 4.37. The first-order chi connectivity index (χ1) is 22.0. The van der Waals surface area contributed by atoms with Crippen molar-refractivity contribution in [3.8, 4) is 0 Å². The standard InChI is InChI=1S/C37H77N2O6P/c1-6-8-10-12-14-16-17-18-19-20-21-22-23-24-26-28-30-36(40)35(34-45-46(42,43)44-33-32-39(3,4)5)38-37(41)31-29-27-25-15-13-11-9-7-2/h35-36,40H,6-34H2,1-5H3,(H-,38,41,42,43)/t35-,36+/m0/s1. The monoisotopic (exact) mass is 677 g/mol. The molecule has 9 heteroatoms. The number of aliphatic hydroxyl groups is 1. The lowest BCUT2D eigenvalue weighted by molar-refractivity contribution is -0.870. The SMILES string of the molecule is CCCCCCCCCCCCCCCCCC[C@@H](O)[C@H](COP(=O)([O-])OCC[N+](C)(C)C)NC(=O)CCCCCCCCCC. The van der Waals surface area contributed by atoms with Gasteiger partial charge in [-0.3, -0.25) is 9.36 Å². The predicted molar refractivity (Wildman–Crippen MR) is 192 cm³/mol. The van der Waals surface area contributed by atoms with E-state index in [-0.39, 0.29) is 19.1 Å². The van der Waals surface area contributed by atoms with E-state index in [4.69, 9.17) is 9.05 Å². The van der Waals surface area contributed by atoms with Gasteiger partial charge in [-0.2, -0.15) is 0 Å². The average Bonchev–Trinajstić information content (AvgIpc) is 2.99. The van der Waals surface area contributed by atoms with E-state index in [1.165, 1.54) is 116 Å². The molecule has 0 saturated carbocycles. The smallest absolute Gasteiger partial charge is 0.268 e. The molecule has 0 aromatic heterocycles. The van der Waals surface area contributed by atoms with Crippen LogP contribution in [0.2, 0.25) is 0 Å². The summed E-state index contributed by atoms with van der Waals surface area (Å²) in [5, 5.41) is 13.8. The molecule has 0 radical (unpaired) electrons. The van der Waals surface area contributed by atoms with Crippen molar-refractivity contribution >= 4 is 13.7 Å². The lowest BCUT2D eigenvalue weighted by Crippen LogP contribution is -2.46. The number of amides is 1. The first-order valence-electron chi connectivity index (χ1n) is 19.4. The summed E-state index contributed by atoms with van der Waals surface area (Å²) in [5.74, 6) is -0.169. The lowest BCUT2D eigenvalue weighted by atomic mass is 10.0. The van der Waals surface area contributed by atoms with Crippen LogP contribution in [0.4, 0.5) is 0 Å². The number of likely N-dealkylation sites (N-methyl/N-ethyl adjacent to an activating group) is 1. The van der Waals surface area contributed by atoms with Crippen molar-refractivity contribution in [2.24, 2.45) is 0 Å². The van der Waals surface area contributed by atoms with Crippen LogP contribution in [-0.2, 0) is 18.4 Å². The molecule has 8 nitrogen and oxygen atoms in total. The second-order valence-electron chi connectivity index (χ2n) is 14.6. The van der Waals surface area contributed by atoms with Crippen molar-refractivity contribution in [1.29, 1.82) is 0 Å². The van der Waals surface area contributed by atoms with E-state index in [1.807, 2.05) is 21.1 Å². The van der Waals surface area contributed by atoms with Gasteiger partial charge in [0.25, 0.3) is 7.82 Å². The molecule has 0 saturated heterocycles. The molecule has 1 unspecified atom stereocenters. The largest absolute Gasteiger partial charge is 0.756 e. The summed E-state index contributed by atoms with van der Waals surface area (Å²) in [7, 11) is 1.31. The van der Waals surface area contributed by atoms with E-state index in [9.17, 15) is 19.4 Å². The number of aliphatic hydroxyl groups excluding tert-OH is 1. The highest BCUT2D eigenvalue weighted by atomic mass is 31.2. The quantitative estimate of drug-likeness (QED) is 0.0394. The van der Waals surface area contributed by atoms with E-state index >= 15 is 0 Å². The fraction of sp³-hybridized carbons (Fsp3) is 0.973. The average molecular weight is 677 g/mol. The number of phosphoric ester groups is 1. The minimum absolute atomic E-state index is 0.0154. The molecule has 0 aliphatic carbocycles. The summed E-state index contributed by atoms with van der Waals surface area (Å²) in [5.41, 5.74) is 0. The maximum Gasteiger partial charge on any atom is 0.268 e. The Morgan fingerprint density at radius 1 is 0.674 bits per heavy atom. The molecule has 0 aliphatic rings. The van der Waals surface area contributed by atoms with Crippen molar-refractivity contribution in [3.05, 3.63) is 0 Å². The number of rotatable bonds is 35. The number of phosphoric acid groups is 1. The second-order valence-corrected chi connectivity index (χ2v) is 16.1. The first kappa shape index (κ1) is 45.5. The van der Waals surface area contributed by atoms with Gasteiger partial charge in [0.05, 0.1) is 39.9 Å². The Bertz CT molecular complexity index is 733. The Morgan fingerprint density at radius 3 is 1.48 bits per heavy atom. The van der Waals surface area contributed by atoms with Gasteiger partial charge in [-0.1, -0.05) is 162 Å². The normalized spacial score (nSPS) is 14.7. The molecule has 276 valence electrons. The zero-order chi connectivity index (χ0) is 34.4. The third kappa shape index (κ3) is 32.1. The highest BCUT2D eigenvalue weighted by Gasteiger charge is 2.24. The van der Waals surface area contributed by atoms with Crippen molar-refractivity contribution < 1.29 is 32.9 Å². The predicted octanol–water partition coefficient (Wildman–Crippen LogP) is 9.22. The highest BCUT2D eigenvalue weighted by Crippen LogP contribution is 2.38. The van der Waals surface area contributed by atoms with Gasteiger partial charge in [-0.25, -0.2) is 0 Å². The van der Waals surface area contributed by atoms with E-state index < -0.39 is 20.0 Å². The number of carbonyl (C=O) groups is 1. The van der Waals surface area contributed by atoms with Gasteiger partial charge in [0.1, 0.15) is 13.2 Å². The van der Waals surface area contributed by atoms with Crippen LogP contribution in [0.15, 0.2) is 0 Å². The van der Waals surface area contributed by atoms with E-state index in [0.29, 0.717) is 23.9 Å². The van der Waals surface area contributed by atoms with Crippen LogP contribution in [0, 0.1) is 0 Å². The number of hydrogen-bond donors (Lipinski definition) is 2. The van der Waals surface area contributed by atoms with Crippen LogP contribution >= 0.6 is 7.82 Å². The summed E-state index contributed by atoms with van der Waals surface area (Å²) in [6, 6.07) is -0.790. The topological polar surface area (TPSA) is 108 Å². The minimum atomic E-state index is -4.54. The molecule has 0 aliphatic heterocycles. The number of nitrogens with one attached hydrogen (secondary N) is 1. The maximum atomic E-state index is 12.7. The lowest BCUT2D eigenvalue weighted by Gasteiger charge is -2.30. The van der Waals surface area contributed by atoms with Gasteiger partial charge in [-0.05, 0) is 12.8 Å².